The van der Waals surface area contributed by atoms with E-state index in [0.717, 1.165) is 13.1 Å². The standard InChI is InChI=1S/C16H34N3.Li/c1-15(2,3)13-17-14(16(4,5)6)12-19-10-8-18(7)9-11-19;/h14H,8-13H2,1-7H3;/q-1;+1/t14-;/m0./s1. The van der Waals surface area contributed by atoms with E-state index in [1.54, 1.807) is 0 Å². The maximum Gasteiger partial charge on any atom is 1.00 e. The van der Waals surface area contributed by atoms with Gasteiger partial charge >= 0.3 is 18.9 Å². The maximum atomic E-state index is 5.02. The van der Waals surface area contributed by atoms with Crippen LogP contribution in [-0.2, 0) is 0 Å². The van der Waals surface area contributed by atoms with E-state index in [1.807, 2.05) is 0 Å². The number of piperazine rings is 1. The molecule has 1 aliphatic heterocycles. The van der Waals surface area contributed by atoms with Gasteiger partial charge in [0.15, 0.2) is 0 Å². The molecule has 1 atom stereocenters. The molecule has 0 aromatic carbocycles. The molecular weight excluding hydrogens is 241 g/mol. The Morgan fingerprint density at radius 1 is 0.950 bits per heavy atom. The first kappa shape index (κ1) is 20.5. The van der Waals surface area contributed by atoms with E-state index >= 15 is 0 Å². The Labute approximate surface area is 139 Å². The van der Waals surface area contributed by atoms with E-state index in [0.29, 0.717) is 11.5 Å². The topological polar surface area (TPSA) is 20.6 Å². The average molecular weight is 275 g/mol. The quantitative estimate of drug-likeness (QED) is 0.677. The summed E-state index contributed by atoms with van der Waals surface area (Å²) in [5, 5.41) is 5.02. The van der Waals surface area contributed by atoms with Gasteiger partial charge in [0.1, 0.15) is 0 Å². The monoisotopic (exact) mass is 275 g/mol. The Kier molecular flexibility index (Phi) is 8.40. The molecule has 0 aromatic heterocycles. The third kappa shape index (κ3) is 8.05. The number of hydrogen-bond acceptors (Lipinski definition) is 2. The Morgan fingerprint density at radius 3 is 1.85 bits per heavy atom. The zero-order valence-electron chi connectivity index (χ0n) is 15.2. The molecule has 1 rings (SSSR count). The van der Waals surface area contributed by atoms with Crippen LogP contribution in [0.2, 0.25) is 0 Å². The molecule has 114 valence electrons. The summed E-state index contributed by atoms with van der Waals surface area (Å²) in [6.07, 6.45) is 0. The minimum atomic E-state index is 0. The summed E-state index contributed by atoms with van der Waals surface area (Å²) in [5.74, 6) is 0. The normalized spacial score (nSPS) is 20.6. The van der Waals surface area contributed by atoms with Crippen molar-refractivity contribution in [2.24, 2.45) is 10.8 Å². The first-order valence-electron chi connectivity index (χ1n) is 7.65. The molecule has 0 saturated carbocycles. The van der Waals surface area contributed by atoms with Crippen LogP contribution in [0.1, 0.15) is 41.5 Å². The van der Waals surface area contributed by atoms with Crippen molar-refractivity contribution in [3.8, 4) is 0 Å². The zero-order valence-corrected chi connectivity index (χ0v) is 15.2. The molecule has 1 heterocycles. The van der Waals surface area contributed by atoms with Gasteiger partial charge in [-0.2, -0.15) is 0 Å². The molecule has 3 nitrogen and oxygen atoms in total. The smallest absolute Gasteiger partial charge is 0.658 e. The summed E-state index contributed by atoms with van der Waals surface area (Å²) in [5.41, 5.74) is 0.556. The summed E-state index contributed by atoms with van der Waals surface area (Å²) < 4.78 is 0. The molecule has 0 unspecified atom stereocenters. The van der Waals surface area contributed by atoms with Crippen LogP contribution in [0.4, 0.5) is 0 Å². The summed E-state index contributed by atoms with van der Waals surface area (Å²) in [7, 11) is 2.21. The van der Waals surface area contributed by atoms with Gasteiger partial charge in [-0.05, 0) is 13.6 Å². The molecule has 0 radical (unpaired) electrons. The third-order valence-corrected chi connectivity index (χ3v) is 3.81. The van der Waals surface area contributed by atoms with E-state index in [2.05, 4.69) is 58.4 Å². The minimum absolute atomic E-state index is 0. The van der Waals surface area contributed by atoms with E-state index < -0.39 is 0 Å². The summed E-state index contributed by atoms with van der Waals surface area (Å²) in [6.45, 7) is 20.6. The molecule has 0 spiro atoms. The van der Waals surface area contributed by atoms with Gasteiger partial charge in [-0.25, -0.2) is 0 Å². The van der Waals surface area contributed by atoms with Crippen molar-refractivity contribution in [2.45, 2.75) is 47.6 Å². The van der Waals surface area contributed by atoms with Gasteiger partial charge in [0, 0.05) is 26.2 Å². The van der Waals surface area contributed by atoms with Gasteiger partial charge in [0.05, 0.1) is 0 Å². The van der Waals surface area contributed by atoms with Crippen molar-refractivity contribution in [3.63, 3.8) is 0 Å². The molecule has 4 heteroatoms. The van der Waals surface area contributed by atoms with Crippen LogP contribution in [0.25, 0.3) is 5.32 Å². The second kappa shape index (κ2) is 8.20. The largest absolute Gasteiger partial charge is 1.00 e. The number of nitrogens with zero attached hydrogens (tertiary/aromatic N) is 3. The molecule has 0 aliphatic carbocycles. The van der Waals surface area contributed by atoms with Crippen LogP contribution in [0.3, 0.4) is 0 Å². The van der Waals surface area contributed by atoms with Gasteiger partial charge in [-0.1, -0.05) is 52.4 Å². The second-order valence-corrected chi connectivity index (χ2v) is 8.39. The Morgan fingerprint density at radius 2 is 1.45 bits per heavy atom. The predicted molar refractivity (Wildman–Crippen MR) is 84.9 cm³/mol. The van der Waals surface area contributed by atoms with Crippen molar-refractivity contribution >= 4 is 0 Å². The first-order valence-corrected chi connectivity index (χ1v) is 7.65. The molecule has 0 amide bonds. The van der Waals surface area contributed by atoms with Gasteiger partial charge in [0.2, 0.25) is 0 Å². The fraction of sp³-hybridized carbons (Fsp3) is 1.00. The molecule has 1 fully saturated rings. The Balaban J connectivity index is 0.00000361. The fourth-order valence-electron chi connectivity index (χ4n) is 2.26. The van der Waals surface area contributed by atoms with Crippen LogP contribution >= 0.6 is 0 Å². The summed E-state index contributed by atoms with van der Waals surface area (Å²) in [6, 6.07) is 0.440. The molecule has 1 aliphatic rings. The van der Waals surface area contributed by atoms with E-state index in [-0.39, 0.29) is 24.3 Å². The van der Waals surface area contributed by atoms with Crippen molar-refractivity contribution in [3.05, 3.63) is 5.32 Å². The van der Waals surface area contributed by atoms with Gasteiger partial charge in [-0.3, -0.25) is 0 Å². The summed E-state index contributed by atoms with van der Waals surface area (Å²) in [4.78, 5) is 5.00. The molecule has 0 N–H and O–H groups in total. The van der Waals surface area contributed by atoms with E-state index in [9.17, 15) is 0 Å². The van der Waals surface area contributed by atoms with Crippen LogP contribution in [0.5, 0.6) is 0 Å². The average Bonchev–Trinajstić information content (AvgIpc) is 2.23. The number of rotatable bonds is 4. The van der Waals surface area contributed by atoms with Crippen molar-refractivity contribution < 1.29 is 18.9 Å². The van der Waals surface area contributed by atoms with Crippen LogP contribution in [0, 0.1) is 10.8 Å². The molecule has 0 aromatic rings. The predicted octanol–water partition coefficient (Wildman–Crippen LogP) is 0.0723. The van der Waals surface area contributed by atoms with Crippen LogP contribution < -0.4 is 18.9 Å². The number of likely N-dealkylation sites (N-methyl/N-ethyl adjacent to an activating group) is 1. The molecular formula is C16H34LiN3. The van der Waals surface area contributed by atoms with Gasteiger partial charge < -0.3 is 15.1 Å². The van der Waals surface area contributed by atoms with E-state index in [4.69, 9.17) is 5.32 Å². The van der Waals surface area contributed by atoms with E-state index in [1.165, 1.54) is 26.2 Å². The second-order valence-electron chi connectivity index (χ2n) is 8.39. The SMILES string of the molecule is CN1CCN(C[C@H]([N-]CC(C)(C)C)C(C)(C)C)CC1.[Li+]. The fourth-order valence-corrected chi connectivity index (χ4v) is 2.26. The first-order chi connectivity index (χ1) is 8.58. The Hall–Kier alpha value is 0.477. The van der Waals surface area contributed by atoms with Crippen LogP contribution in [-0.4, -0.2) is 62.2 Å². The summed E-state index contributed by atoms with van der Waals surface area (Å²) >= 11 is 0. The van der Waals surface area contributed by atoms with Crippen LogP contribution in [0.15, 0.2) is 0 Å². The van der Waals surface area contributed by atoms with Gasteiger partial charge in [-0.15, -0.1) is 12.6 Å². The Bertz CT molecular complexity index is 260. The molecule has 1 saturated heterocycles. The minimum Gasteiger partial charge on any atom is -0.658 e. The number of hydrogen-bond donors (Lipinski definition) is 0. The molecule has 0 bridgehead atoms. The van der Waals surface area contributed by atoms with Crippen molar-refractivity contribution in [1.29, 1.82) is 0 Å². The zero-order chi connectivity index (χ0) is 14.7. The van der Waals surface area contributed by atoms with Crippen molar-refractivity contribution in [1.82, 2.24) is 9.80 Å². The van der Waals surface area contributed by atoms with Gasteiger partial charge in [0.25, 0.3) is 0 Å². The molecule has 20 heavy (non-hydrogen) atoms. The van der Waals surface area contributed by atoms with Crippen molar-refractivity contribution in [2.75, 3.05) is 46.3 Å². The maximum absolute atomic E-state index is 5.02. The third-order valence-electron chi connectivity index (χ3n) is 3.81.